The number of hydrazine groups is 2. The van der Waals surface area contributed by atoms with E-state index in [9.17, 15) is 14.4 Å². The molecule has 0 aromatic heterocycles. The monoisotopic (exact) mass is 519 g/mol. The van der Waals surface area contributed by atoms with Gasteiger partial charge in [-0.2, -0.15) is 0 Å². The molecule has 0 saturated carbocycles. The van der Waals surface area contributed by atoms with Gasteiger partial charge >= 0.3 is 18.0 Å². The maximum absolute atomic E-state index is 12.8. The van der Waals surface area contributed by atoms with Crippen LogP contribution in [0.1, 0.15) is 31.9 Å². The van der Waals surface area contributed by atoms with Gasteiger partial charge in [0.2, 0.25) is 0 Å². The molecule has 0 unspecified atom stereocenters. The van der Waals surface area contributed by atoms with Crippen LogP contribution in [0.3, 0.4) is 0 Å². The molecule has 2 aromatic rings. The second-order valence-corrected chi connectivity index (χ2v) is 9.12. The molecule has 1 atom stereocenters. The number of imide groups is 1. The normalized spacial score (nSPS) is 11.4. The van der Waals surface area contributed by atoms with Gasteiger partial charge in [0.15, 0.2) is 0 Å². The van der Waals surface area contributed by atoms with Crippen LogP contribution in [0.15, 0.2) is 42.5 Å². The van der Waals surface area contributed by atoms with Gasteiger partial charge in [-0.1, -0.05) is 44.5 Å². The first-order valence-electron chi connectivity index (χ1n) is 11.5. The van der Waals surface area contributed by atoms with Crippen LogP contribution < -0.4 is 26.4 Å². The van der Waals surface area contributed by atoms with Gasteiger partial charge in [0.25, 0.3) is 0 Å². The lowest BCUT2D eigenvalue weighted by Gasteiger charge is -2.24. The van der Waals surface area contributed by atoms with E-state index in [1.807, 2.05) is 19.1 Å². The van der Waals surface area contributed by atoms with Gasteiger partial charge in [0.1, 0.15) is 5.75 Å². The molecule has 0 bridgehead atoms. The molecule has 0 fully saturated rings. The van der Waals surface area contributed by atoms with Gasteiger partial charge in [-0.05, 0) is 54.3 Å². The maximum atomic E-state index is 12.8. The number of amides is 4. The lowest BCUT2D eigenvalue weighted by Crippen LogP contribution is -2.54. The van der Waals surface area contributed by atoms with Crippen molar-refractivity contribution in [3.8, 4) is 5.75 Å². The molecular weight excluding hydrogens is 486 g/mol. The Balaban J connectivity index is 1.98. The highest BCUT2D eigenvalue weighted by molar-refractivity contribution is 6.30. The number of urea groups is 2. The van der Waals surface area contributed by atoms with Gasteiger partial charge < -0.3 is 20.2 Å². The summed E-state index contributed by atoms with van der Waals surface area (Å²) >= 11 is 5.89. The molecule has 0 heterocycles. The van der Waals surface area contributed by atoms with Crippen LogP contribution in [-0.2, 0) is 16.1 Å². The summed E-state index contributed by atoms with van der Waals surface area (Å²) < 4.78 is 10.5. The van der Waals surface area contributed by atoms with Crippen molar-refractivity contribution in [2.45, 2.75) is 34.2 Å². The number of hydrogen-bond acceptors (Lipinski definition) is 7. The summed E-state index contributed by atoms with van der Waals surface area (Å²) in [4.78, 5) is 38.4. The number of hydrogen-bond donors (Lipinski definition) is 4. The molecule has 0 aliphatic heterocycles. The Hall–Kier alpha value is -3.50. The van der Waals surface area contributed by atoms with Crippen molar-refractivity contribution in [1.29, 1.82) is 0 Å². The molecule has 36 heavy (non-hydrogen) atoms. The third-order valence-electron chi connectivity index (χ3n) is 5.03. The van der Waals surface area contributed by atoms with Crippen molar-refractivity contribution in [3.05, 3.63) is 58.6 Å². The first kappa shape index (κ1) is 28.7. The minimum absolute atomic E-state index is 0.169. The standard InChI is InChI=1S/C25H34ClN5O5/c1-16(2)15-36-22-11-10-21(12-17(22)3)28-30-29-25(34)31(14-18(4)23(32)35-5)24(33)27-13-19-6-8-20(26)9-7-19/h6-12,16,18,28,30H,13-15H2,1-5H3,(H,27,33)(H,29,34)/t18-/m0/s1. The molecule has 2 aromatic carbocycles. The molecule has 0 radical (unpaired) electrons. The number of anilines is 1. The summed E-state index contributed by atoms with van der Waals surface area (Å²) in [6, 6.07) is 11.0. The van der Waals surface area contributed by atoms with Gasteiger partial charge in [0.05, 0.1) is 25.3 Å². The third-order valence-corrected chi connectivity index (χ3v) is 5.28. The van der Waals surface area contributed by atoms with E-state index in [0.29, 0.717) is 23.2 Å². The molecule has 0 aliphatic rings. The number of carbonyl (C=O) groups is 3. The van der Waals surface area contributed by atoms with Crippen molar-refractivity contribution in [1.82, 2.24) is 21.2 Å². The number of aryl methyl sites for hydroxylation is 1. The zero-order chi connectivity index (χ0) is 26.7. The fourth-order valence-electron chi connectivity index (χ4n) is 3.05. The highest BCUT2D eigenvalue weighted by Crippen LogP contribution is 2.22. The van der Waals surface area contributed by atoms with Gasteiger partial charge in [-0.15, -0.1) is 5.53 Å². The molecule has 196 valence electrons. The maximum Gasteiger partial charge on any atom is 0.341 e. The second kappa shape index (κ2) is 14.2. The van der Waals surface area contributed by atoms with Gasteiger partial charge in [-0.3, -0.25) is 10.2 Å². The number of carbonyl (C=O) groups excluding carboxylic acids is 3. The third kappa shape index (κ3) is 9.27. The Bertz CT molecular complexity index is 1030. The van der Waals surface area contributed by atoms with E-state index in [1.165, 1.54) is 7.11 Å². The van der Waals surface area contributed by atoms with Crippen LogP contribution in [0, 0.1) is 18.8 Å². The number of esters is 1. The predicted molar refractivity (Wildman–Crippen MR) is 138 cm³/mol. The van der Waals surface area contributed by atoms with E-state index in [1.54, 1.807) is 37.3 Å². The van der Waals surface area contributed by atoms with Crippen LogP contribution in [0.25, 0.3) is 0 Å². The Morgan fingerprint density at radius 1 is 1.03 bits per heavy atom. The fourth-order valence-corrected chi connectivity index (χ4v) is 3.18. The quantitative estimate of drug-likeness (QED) is 0.259. The van der Waals surface area contributed by atoms with E-state index < -0.39 is 23.9 Å². The van der Waals surface area contributed by atoms with Crippen molar-refractivity contribution < 1.29 is 23.9 Å². The first-order valence-corrected chi connectivity index (χ1v) is 11.9. The highest BCUT2D eigenvalue weighted by Gasteiger charge is 2.27. The van der Waals surface area contributed by atoms with Crippen molar-refractivity contribution in [3.63, 3.8) is 0 Å². The highest BCUT2D eigenvalue weighted by atomic mass is 35.5. The zero-order valence-electron chi connectivity index (χ0n) is 21.2. The Labute approximate surface area is 216 Å². The number of methoxy groups -OCH3 is 1. The Kier molecular flexibility index (Phi) is 11.3. The summed E-state index contributed by atoms with van der Waals surface area (Å²) in [5, 5.41) is 3.25. The minimum atomic E-state index is -0.763. The van der Waals surface area contributed by atoms with Crippen molar-refractivity contribution >= 4 is 35.3 Å². The Morgan fingerprint density at radius 2 is 1.72 bits per heavy atom. The average Bonchev–Trinajstić information content (AvgIpc) is 2.85. The average molecular weight is 520 g/mol. The molecule has 2 rings (SSSR count). The summed E-state index contributed by atoms with van der Waals surface area (Å²) in [7, 11) is 1.25. The number of nitrogens with one attached hydrogen (secondary N) is 4. The van der Waals surface area contributed by atoms with Crippen molar-refractivity contribution in [2.75, 3.05) is 25.7 Å². The largest absolute Gasteiger partial charge is 0.493 e. The first-order chi connectivity index (χ1) is 17.1. The molecule has 0 saturated heterocycles. The van der Waals surface area contributed by atoms with Crippen molar-refractivity contribution in [2.24, 2.45) is 11.8 Å². The van der Waals surface area contributed by atoms with Crippen LogP contribution in [0.2, 0.25) is 5.02 Å². The Morgan fingerprint density at radius 3 is 2.33 bits per heavy atom. The fraction of sp³-hybridized carbons (Fsp3) is 0.400. The van der Waals surface area contributed by atoms with Gasteiger partial charge in [0, 0.05) is 18.1 Å². The van der Waals surface area contributed by atoms with E-state index in [0.717, 1.165) is 21.8 Å². The van der Waals surface area contributed by atoms with E-state index in [4.69, 9.17) is 21.1 Å². The second-order valence-electron chi connectivity index (χ2n) is 8.69. The number of rotatable bonds is 11. The lowest BCUT2D eigenvalue weighted by atomic mass is 10.2. The zero-order valence-corrected chi connectivity index (χ0v) is 21.9. The van der Waals surface area contributed by atoms with Gasteiger partial charge in [-0.25, -0.2) is 14.5 Å². The smallest absolute Gasteiger partial charge is 0.341 e. The molecule has 10 nitrogen and oxygen atoms in total. The van der Waals surface area contributed by atoms with Crippen LogP contribution in [0.5, 0.6) is 5.75 Å². The van der Waals surface area contributed by atoms with E-state index >= 15 is 0 Å². The number of halogens is 1. The predicted octanol–water partition coefficient (Wildman–Crippen LogP) is 4.25. The van der Waals surface area contributed by atoms with E-state index in [-0.39, 0.29) is 13.1 Å². The SMILES string of the molecule is COC(=O)[C@@H](C)CN(C(=O)NCc1ccc(Cl)cc1)C(=O)NNNc1ccc(OCC(C)C)c(C)c1. The van der Waals surface area contributed by atoms with Crippen LogP contribution in [-0.4, -0.2) is 43.2 Å². The molecule has 4 amide bonds. The molecule has 4 N–H and O–H groups in total. The summed E-state index contributed by atoms with van der Waals surface area (Å²) in [6.07, 6.45) is 0. The molecule has 0 spiro atoms. The number of benzene rings is 2. The molecule has 0 aliphatic carbocycles. The van der Waals surface area contributed by atoms with E-state index in [2.05, 4.69) is 35.6 Å². The molecular formula is C25H34ClN5O5. The number of ether oxygens (including phenoxy) is 2. The topological polar surface area (TPSA) is 121 Å². The summed E-state index contributed by atoms with van der Waals surface area (Å²) in [6.45, 7) is 8.23. The minimum Gasteiger partial charge on any atom is -0.493 e. The van der Waals surface area contributed by atoms with Crippen LogP contribution in [0.4, 0.5) is 15.3 Å². The molecule has 11 heteroatoms. The van der Waals surface area contributed by atoms with Crippen LogP contribution >= 0.6 is 11.6 Å². The number of nitrogens with zero attached hydrogens (tertiary/aromatic N) is 1. The summed E-state index contributed by atoms with van der Waals surface area (Å²) in [5.41, 5.74) is 10.2. The lowest BCUT2D eigenvalue weighted by molar-refractivity contribution is -0.144. The summed E-state index contributed by atoms with van der Waals surface area (Å²) in [5.74, 6) is -0.0819.